The lowest BCUT2D eigenvalue weighted by atomic mass is 10.00. The molecule has 2 rings (SSSR count). The van der Waals surface area contributed by atoms with Crippen molar-refractivity contribution in [1.29, 1.82) is 0 Å². The molecule has 17 heavy (non-hydrogen) atoms. The Morgan fingerprint density at radius 3 is 2.53 bits per heavy atom. The average Bonchev–Trinajstić information content (AvgIpc) is 2.27. The molecule has 0 fully saturated rings. The molecule has 1 aromatic rings. The van der Waals surface area contributed by atoms with Crippen molar-refractivity contribution in [3.05, 3.63) is 23.3 Å². The van der Waals surface area contributed by atoms with E-state index in [9.17, 15) is 9.18 Å². The molecule has 1 atom stereocenters. The maximum Gasteiger partial charge on any atom is 0.238 e. The van der Waals surface area contributed by atoms with Crippen LogP contribution in [0.4, 0.5) is 4.39 Å². The highest BCUT2D eigenvalue weighted by Crippen LogP contribution is 2.38. The van der Waals surface area contributed by atoms with Crippen LogP contribution in [0.5, 0.6) is 11.5 Å². The normalized spacial score (nSPS) is 16.9. The van der Waals surface area contributed by atoms with Crippen molar-refractivity contribution in [1.82, 2.24) is 0 Å². The highest BCUT2D eigenvalue weighted by Gasteiger charge is 2.29. The highest BCUT2D eigenvalue weighted by atomic mass is 19.1. The lowest BCUT2D eigenvalue weighted by Crippen LogP contribution is -2.18. The number of nitrogens with zero attached hydrogens (tertiary/aromatic N) is 1. The van der Waals surface area contributed by atoms with Crippen LogP contribution in [-0.2, 0) is 10.6 Å². The first kappa shape index (κ1) is 11.6. The van der Waals surface area contributed by atoms with Crippen LogP contribution in [-0.4, -0.2) is 19.3 Å². The van der Waals surface area contributed by atoms with Crippen LogP contribution < -0.4 is 9.47 Å². The van der Waals surface area contributed by atoms with Gasteiger partial charge in [0, 0.05) is 5.56 Å². The predicted molar refractivity (Wildman–Crippen MR) is 58.8 cm³/mol. The van der Waals surface area contributed by atoms with Crippen molar-refractivity contribution in [3.63, 3.8) is 0 Å². The molecule has 1 aliphatic heterocycles. The summed E-state index contributed by atoms with van der Waals surface area (Å²) >= 11 is 0. The summed E-state index contributed by atoms with van der Waals surface area (Å²) in [5.41, 5.74) is 0.934. The van der Waals surface area contributed by atoms with Crippen LogP contribution in [0.25, 0.3) is 0 Å². The minimum atomic E-state index is -2.10. The third kappa shape index (κ3) is 2.15. The van der Waals surface area contributed by atoms with Crippen LogP contribution in [0.2, 0.25) is 0 Å². The fourth-order valence-electron chi connectivity index (χ4n) is 1.83. The standard InChI is InChI=1S/C12H12FNO3/c1-8-5-10-11(17-4-3-16-10)6-9(8)12(2,13)14-7-15/h5-6H,3-4H2,1-2H3. The van der Waals surface area contributed by atoms with Crippen LogP contribution >= 0.6 is 0 Å². The van der Waals surface area contributed by atoms with E-state index >= 15 is 0 Å². The third-order valence-electron chi connectivity index (χ3n) is 2.64. The Bertz CT molecular complexity index is 493. The van der Waals surface area contributed by atoms with Crippen LogP contribution in [0.15, 0.2) is 17.1 Å². The van der Waals surface area contributed by atoms with Gasteiger partial charge in [0.05, 0.1) is 0 Å². The summed E-state index contributed by atoms with van der Waals surface area (Å²) in [5, 5.41) is 0. The number of isocyanates is 1. The third-order valence-corrected chi connectivity index (χ3v) is 2.64. The molecular weight excluding hydrogens is 225 g/mol. The Labute approximate surface area is 98.1 Å². The van der Waals surface area contributed by atoms with Crippen molar-refractivity contribution < 1.29 is 18.7 Å². The number of fused-ring (bicyclic) bond motifs is 1. The van der Waals surface area contributed by atoms with Gasteiger partial charge in [-0.1, -0.05) is 0 Å². The lowest BCUT2D eigenvalue weighted by Gasteiger charge is -2.23. The van der Waals surface area contributed by atoms with Gasteiger partial charge in [0.25, 0.3) is 0 Å². The van der Waals surface area contributed by atoms with Crippen LogP contribution in [0, 0.1) is 6.92 Å². The van der Waals surface area contributed by atoms with Gasteiger partial charge in [-0.25, -0.2) is 9.18 Å². The summed E-state index contributed by atoms with van der Waals surface area (Å²) in [4.78, 5) is 13.4. The van der Waals surface area contributed by atoms with Crippen molar-refractivity contribution in [2.75, 3.05) is 13.2 Å². The SMILES string of the molecule is Cc1cc2c(cc1C(C)(F)N=C=O)OCCO2. The predicted octanol–water partition coefficient (Wildman–Crippen LogP) is 2.24. The fourth-order valence-corrected chi connectivity index (χ4v) is 1.83. The van der Waals surface area contributed by atoms with Crippen molar-refractivity contribution in [2.24, 2.45) is 4.99 Å². The van der Waals surface area contributed by atoms with Gasteiger partial charge in [-0.2, -0.15) is 4.99 Å². The van der Waals surface area contributed by atoms with E-state index in [0.717, 1.165) is 0 Å². The number of rotatable bonds is 2. The quantitative estimate of drug-likeness (QED) is 0.450. The zero-order valence-corrected chi connectivity index (χ0v) is 9.62. The van der Waals surface area contributed by atoms with Crippen LogP contribution in [0.1, 0.15) is 18.1 Å². The molecule has 90 valence electrons. The molecule has 0 aromatic heterocycles. The molecule has 5 heteroatoms. The smallest absolute Gasteiger partial charge is 0.238 e. The largest absolute Gasteiger partial charge is 0.486 e. The summed E-state index contributed by atoms with van der Waals surface area (Å²) in [5.74, 6) is -1.04. The van der Waals surface area contributed by atoms with E-state index in [1.54, 1.807) is 13.0 Å². The van der Waals surface area contributed by atoms with E-state index in [0.29, 0.717) is 30.3 Å². The Morgan fingerprint density at radius 1 is 1.35 bits per heavy atom. The zero-order valence-electron chi connectivity index (χ0n) is 9.62. The highest BCUT2D eigenvalue weighted by molar-refractivity contribution is 5.50. The van der Waals surface area contributed by atoms with Crippen LogP contribution in [0.3, 0.4) is 0 Å². The Morgan fingerprint density at radius 2 is 1.94 bits per heavy atom. The van der Waals surface area contributed by atoms with Gasteiger partial charge in [0.15, 0.2) is 11.5 Å². The molecule has 0 saturated carbocycles. The van der Waals surface area contributed by atoms with E-state index in [4.69, 9.17) is 9.47 Å². The Balaban J connectivity index is 2.51. The van der Waals surface area contributed by atoms with Crippen molar-refractivity contribution in [2.45, 2.75) is 19.6 Å². The summed E-state index contributed by atoms with van der Waals surface area (Å²) in [6, 6.07) is 3.20. The van der Waals surface area contributed by atoms with Gasteiger partial charge in [0.1, 0.15) is 13.2 Å². The lowest BCUT2D eigenvalue weighted by molar-refractivity contribution is 0.167. The second-order valence-electron chi connectivity index (χ2n) is 3.97. The number of halogens is 1. The number of aryl methyl sites for hydroxylation is 1. The van der Waals surface area contributed by atoms with Crippen molar-refractivity contribution >= 4 is 6.08 Å². The molecular formula is C12H12FNO3. The number of hydrogen-bond acceptors (Lipinski definition) is 4. The molecule has 0 bridgehead atoms. The second kappa shape index (κ2) is 4.18. The first-order valence-electron chi connectivity index (χ1n) is 5.23. The second-order valence-corrected chi connectivity index (χ2v) is 3.97. The number of aliphatic imine (C=N–C) groups is 1. The van der Waals surface area contributed by atoms with E-state index in [2.05, 4.69) is 4.99 Å². The average molecular weight is 237 g/mol. The molecule has 4 nitrogen and oxygen atoms in total. The van der Waals surface area contributed by atoms with Crippen molar-refractivity contribution in [3.8, 4) is 11.5 Å². The van der Waals surface area contributed by atoms with Gasteiger partial charge in [-0.3, -0.25) is 0 Å². The molecule has 0 saturated heterocycles. The molecule has 0 spiro atoms. The number of hydrogen-bond donors (Lipinski definition) is 0. The fraction of sp³-hybridized carbons (Fsp3) is 0.417. The Hall–Kier alpha value is -1.87. The topological polar surface area (TPSA) is 47.9 Å². The monoisotopic (exact) mass is 237 g/mol. The summed E-state index contributed by atoms with van der Waals surface area (Å²) in [6.45, 7) is 3.84. The number of benzene rings is 1. The van der Waals surface area contributed by atoms with Gasteiger partial charge in [-0.05, 0) is 31.5 Å². The number of carbonyl (C=O) groups excluding carboxylic acids is 1. The minimum Gasteiger partial charge on any atom is -0.486 e. The maximum absolute atomic E-state index is 14.1. The van der Waals surface area contributed by atoms with Gasteiger partial charge >= 0.3 is 0 Å². The number of alkyl halides is 1. The summed E-state index contributed by atoms with van der Waals surface area (Å²) in [6.07, 6.45) is 1.24. The summed E-state index contributed by atoms with van der Waals surface area (Å²) in [7, 11) is 0. The molecule has 0 aliphatic carbocycles. The molecule has 1 aliphatic rings. The van der Waals surface area contributed by atoms with E-state index in [-0.39, 0.29) is 5.56 Å². The van der Waals surface area contributed by atoms with Gasteiger partial charge in [-0.15, -0.1) is 0 Å². The summed E-state index contributed by atoms with van der Waals surface area (Å²) < 4.78 is 24.9. The van der Waals surface area contributed by atoms with Gasteiger partial charge in [0.2, 0.25) is 11.9 Å². The molecule has 0 amide bonds. The minimum absolute atomic E-state index is 0.283. The van der Waals surface area contributed by atoms with E-state index in [1.165, 1.54) is 19.1 Å². The zero-order chi connectivity index (χ0) is 12.5. The first-order chi connectivity index (χ1) is 8.04. The Kier molecular flexibility index (Phi) is 2.86. The maximum atomic E-state index is 14.1. The molecule has 1 unspecified atom stereocenters. The van der Waals surface area contributed by atoms with E-state index < -0.39 is 5.79 Å². The molecule has 0 radical (unpaired) electrons. The van der Waals surface area contributed by atoms with Gasteiger partial charge < -0.3 is 9.47 Å². The number of ether oxygens (including phenoxy) is 2. The van der Waals surface area contributed by atoms with E-state index in [1.807, 2.05) is 0 Å². The molecule has 0 N–H and O–H groups in total. The first-order valence-corrected chi connectivity index (χ1v) is 5.23. The molecule has 1 aromatic carbocycles. The molecule has 1 heterocycles.